The Balaban J connectivity index is 1.59. The Morgan fingerprint density at radius 3 is 2.77 bits per heavy atom. The average Bonchev–Trinajstić information content (AvgIpc) is 3.40. The summed E-state index contributed by atoms with van der Waals surface area (Å²) < 4.78 is 12.5. The van der Waals surface area contributed by atoms with Gasteiger partial charge in [-0.25, -0.2) is 4.98 Å². The van der Waals surface area contributed by atoms with Crippen LogP contribution in [0.2, 0.25) is 5.02 Å². The highest BCUT2D eigenvalue weighted by atomic mass is 35.5. The normalized spacial score (nSPS) is 11.2. The third-order valence-corrected chi connectivity index (χ3v) is 5.91. The minimum absolute atomic E-state index is 0.107. The second-order valence-electron chi connectivity index (χ2n) is 7.08. The molecule has 3 aromatic heterocycles. The number of furan rings is 2. The fourth-order valence-electron chi connectivity index (χ4n) is 3.11. The second-order valence-corrected chi connectivity index (χ2v) is 8.46. The first-order chi connectivity index (χ1) is 14.9. The maximum atomic E-state index is 13.1. The molecule has 0 aliphatic rings. The lowest BCUT2D eigenvalue weighted by Crippen LogP contribution is -2.29. The fourth-order valence-corrected chi connectivity index (χ4v) is 4.22. The lowest BCUT2D eigenvalue weighted by molar-refractivity contribution is -0.127. The molecule has 9 heteroatoms. The van der Waals surface area contributed by atoms with Gasteiger partial charge in [-0.2, -0.15) is 0 Å². The van der Waals surface area contributed by atoms with Gasteiger partial charge in [0.25, 0.3) is 5.56 Å². The van der Waals surface area contributed by atoms with Crippen molar-refractivity contribution < 1.29 is 13.6 Å². The van der Waals surface area contributed by atoms with Crippen LogP contribution in [0, 0.1) is 6.92 Å². The van der Waals surface area contributed by atoms with Gasteiger partial charge in [-0.15, -0.1) is 0 Å². The number of hydrogen-bond acceptors (Lipinski definition) is 6. The van der Waals surface area contributed by atoms with Gasteiger partial charge in [0.1, 0.15) is 17.3 Å². The monoisotopic (exact) mass is 457 g/mol. The molecule has 1 aromatic carbocycles. The number of aromatic nitrogens is 2. The number of nitrogens with zero attached hydrogens (tertiary/aromatic N) is 3. The summed E-state index contributed by atoms with van der Waals surface area (Å²) in [7, 11) is 1.71. The maximum absolute atomic E-state index is 13.1. The number of rotatable bonds is 7. The molecule has 1 amide bonds. The van der Waals surface area contributed by atoms with Gasteiger partial charge in [-0.1, -0.05) is 23.4 Å². The van der Waals surface area contributed by atoms with Crippen LogP contribution in [0.1, 0.15) is 17.3 Å². The smallest absolute Gasteiger partial charge is 0.262 e. The lowest BCUT2D eigenvalue weighted by atomic mass is 10.2. The average molecular weight is 458 g/mol. The zero-order chi connectivity index (χ0) is 22.0. The second kappa shape index (κ2) is 9.03. The van der Waals surface area contributed by atoms with Crippen molar-refractivity contribution in [3.63, 3.8) is 0 Å². The molecule has 0 N–H and O–H groups in total. The van der Waals surface area contributed by atoms with Crippen molar-refractivity contribution in [2.45, 2.75) is 25.2 Å². The number of halogens is 1. The number of hydrogen-bond donors (Lipinski definition) is 0. The zero-order valence-electron chi connectivity index (χ0n) is 17.0. The number of amides is 1. The first kappa shape index (κ1) is 21.3. The molecule has 4 aromatic rings. The molecular weight excluding hydrogens is 438 g/mol. The molecule has 4 rings (SSSR count). The summed E-state index contributed by atoms with van der Waals surface area (Å²) >= 11 is 7.29. The van der Waals surface area contributed by atoms with Gasteiger partial charge in [0.2, 0.25) is 5.91 Å². The Kier molecular flexibility index (Phi) is 6.20. The zero-order valence-corrected chi connectivity index (χ0v) is 18.6. The molecule has 0 aliphatic heterocycles. The van der Waals surface area contributed by atoms with Crippen LogP contribution in [0.15, 0.2) is 67.5 Å². The van der Waals surface area contributed by atoms with Crippen LogP contribution in [0.3, 0.4) is 0 Å². The van der Waals surface area contributed by atoms with Crippen LogP contribution >= 0.6 is 23.4 Å². The molecule has 0 spiro atoms. The predicted molar refractivity (Wildman–Crippen MR) is 119 cm³/mol. The first-order valence-corrected chi connectivity index (χ1v) is 10.9. The van der Waals surface area contributed by atoms with E-state index in [0.717, 1.165) is 5.76 Å². The van der Waals surface area contributed by atoms with E-state index in [0.29, 0.717) is 39.1 Å². The van der Waals surface area contributed by atoms with Gasteiger partial charge >= 0.3 is 0 Å². The van der Waals surface area contributed by atoms with E-state index in [9.17, 15) is 9.59 Å². The lowest BCUT2D eigenvalue weighted by Gasteiger charge is -2.16. The maximum Gasteiger partial charge on any atom is 0.262 e. The number of carbonyl (C=O) groups excluding carboxylic acids is 1. The quantitative estimate of drug-likeness (QED) is 0.303. The summed E-state index contributed by atoms with van der Waals surface area (Å²) in [5.74, 6) is 2.14. The number of carbonyl (C=O) groups is 1. The molecule has 0 radical (unpaired) electrons. The van der Waals surface area contributed by atoms with Crippen LogP contribution < -0.4 is 5.56 Å². The fraction of sp³-hybridized carbons (Fsp3) is 0.227. The van der Waals surface area contributed by atoms with Crippen molar-refractivity contribution >= 4 is 40.2 Å². The number of benzene rings is 1. The number of aryl methyl sites for hydroxylation is 1. The van der Waals surface area contributed by atoms with E-state index in [4.69, 9.17) is 20.4 Å². The minimum atomic E-state index is -0.215. The minimum Gasteiger partial charge on any atom is -0.467 e. The SMILES string of the molecule is Cc1ccc(CN(C)C(=O)CSc2nc3cc(Cl)ccc3c(=O)n2Cc2ccco2)o1. The highest BCUT2D eigenvalue weighted by Gasteiger charge is 2.17. The van der Waals surface area contributed by atoms with Crippen molar-refractivity contribution in [1.29, 1.82) is 0 Å². The first-order valence-electron chi connectivity index (χ1n) is 9.55. The summed E-state index contributed by atoms with van der Waals surface area (Å²) in [4.78, 5) is 32.0. The molecule has 0 bridgehead atoms. The largest absolute Gasteiger partial charge is 0.467 e. The molecule has 160 valence electrons. The third-order valence-electron chi connectivity index (χ3n) is 4.72. The van der Waals surface area contributed by atoms with E-state index in [2.05, 4.69) is 4.98 Å². The van der Waals surface area contributed by atoms with E-state index in [1.807, 2.05) is 19.1 Å². The third kappa shape index (κ3) is 4.86. The van der Waals surface area contributed by atoms with Crippen LogP contribution in [0.5, 0.6) is 0 Å². The molecular formula is C22H20ClN3O4S. The van der Waals surface area contributed by atoms with Gasteiger partial charge in [0.05, 0.1) is 36.0 Å². The molecule has 31 heavy (non-hydrogen) atoms. The molecule has 7 nitrogen and oxygen atoms in total. The number of thioether (sulfide) groups is 1. The van der Waals surface area contributed by atoms with Crippen molar-refractivity contribution in [3.05, 3.63) is 81.4 Å². The van der Waals surface area contributed by atoms with Crippen molar-refractivity contribution in [2.24, 2.45) is 0 Å². The van der Waals surface area contributed by atoms with Gasteiger partial charge < -0.3 is 13.7 Å². The standard InChI is InChI=1S/C22H20ClN3O4S/c1-14-5-7-17(30-14)11-25(2)20(27)13-31-22-24-19-10-15(23)6-8-18(19)21(28)26(22)12-16-4-3-9-29-16/h3-10H,11-13H2,1-2H3. The molecule has 0 saturated carbocycles. The Morgan fingerprint density at radius 2 is 2.06 bits per heavy atom. The van der Waals surface area contributed by atoms with Crippen molar-refractivity contribution in [3.8, 4) is 0 Å². The summed E-state index contributed by atoms with van der Waals surface area (Å²) in [6.07, 6.45) is 1.55. The Labute approximate surface area is 187 Å². The summed E-state index contributed by atoms with van der Waals surface area (Å²) in [5.41, 5.74) is 0.273. The molecule has 0 fully saturated rings. The van der Waals surface area contributed by atoms with Crippen molar-refractivity contribution in [2.75, 3.05) is 12.8 Å². The summed E-state index contributed by atoms with van der Waals surface area (Å²) in [5, 5.41) is 1.37. The van der Waals surface area contributed by atoms with Crippen LogP contribution in [-0.4, -0.2) is 33.2 Å². The van der Waals surface area contributed by atoms with Gasteiger partial charge in [-0.05, 0) is 49.4 Å². The summed E-state index contributed by atoms with van der Waals surface area (Å²) in [6, 6.07) is 12.2. The molecule has 0 aliphatic carbocycles. The van der Waals surface area contributed by atoms with E-state index in [1.165, 1.54) is 16.3 Å². The molecule has 0 unspecified atom stereocenters. The van der Waals surface area contributed by atoms with Crippen LogP contribution in [0.25, 0.3) is 10.9 Å². The molecule has 0 atom stereocenters. The van der Waals surface area contributed by atoms with Gasteiger partial charge in [0.15, 0.2) is 5.16 Å². The van der Waals surface area contributed by atoms with E-state index in [-0.39, 0.29) is 23.8 Å². The Morgan fingerprint density at radius 1 is 1.23 bits per heavy atom. The van der Waals surface area contributed by atoms with Crippen LogP contribution in [0.4, 0.5) is 0 Å². The van der Waals surface area contributed by atoms with Gasteiger partial charge in [-0.3, -0.25) is 14.2 Å². The van der Waals surface area contributed by atoms with Crippen LogP contribution in [-0.2, 0) is 17.9 Å². The highest BCUT2D eigenvalue weighted by Crippen LogP contribution is 2.22. The summed E-state index contributed by atoms with van der Waals surface area (Å²) in [6.45, 7) is 2.44. The van der Waals surface area contributed by atoms with E-state index >= 15 is 0 Å². The Bertz CT molecular complexity index is 1280. The molecule has 0 saturated heterocycles. The van der Waals surface area contributed by atoms with E-state index in [1.54, 1.807) is 48.5 Å². The Hall–Kier alpha value is -2.97. The molecule has 3 heterocycles. The van der Waals surface area contributed by atoms with E-state index < -0.39 is 0 Å². The number of fused-ring (bicyclic) bond motifs is 1. The van der Waals surface area contributed by atoms with Gasteiger partial charge in [0, 0.05) is 12.1 Å². The predicted octanol–water partition coefficient (Wildman–Crippen LogP) is 4.34. The topological polar surface area (TPSA) is 81.5 Å². The van der Waals surface area contributed by atoms with Crippen molar-refractivity contribution in [1.82, 2.24) is 14.5 Å². The highest BCUT2D eigenvalue weighted by molar-refractivity contribution is 7.99.